The number of nitrogens with zero attached hydrogens (tertiary/aromatic N) is 4. The zero-order valence-electron chi connectivity index (χ0n) is 16.7. The van der Waals surface area contributed by atoms with Crippen molar-refractivity contribution in [3.8, 4) is 17.3 Å². The summed E-state index contributed by atoms with van der Waals surface area (Å²) in [6, 6.07) is 5.88. The maximum Gasteiger partial charge on any atom is 0.274 e. The molecule has 0 saturated heterocycles. The summed E-state index contributed by atoms with van der Waals surface area (Å²) in [6.07, 6.45) is 4.11. The van der Waals surface area contributed by atoms with Crippen molar-refractivity contribution in [1.82, 2.24) is 14.9 Å². The van der Waals surface area contributed by atoms with E-state index in [1.165, 1.54) is 4.90 Å². The molecule has 1 amide bonds. The van der Waals surface area contributed by atoms with Gasteiger partial charge in [-0.2, -0.15) is 5.26 Å². The summed E-state index contributed by atoms with van der Waals surface area (Å²) >= 11 is 6.90. The lowest BCUT2D eigenvalue weighted by molar-refractivity contribution is 0.0823. The maximum absolute atomic E-state index is 12.4. The number of carbonyl (C=O) groups is 1. The molecule has 150 valence electrons. The molecule has 7 nitrogen and oxygen atoms in total. The highest BCUT2D eigenvalue weighted by molar-refractivity contribution is 6.34. The lowest BCUT2D eigenvalue weighted by Gasteiger charge is -2.26. The molecular formula is C21H23ClN6O. The van der Waals surface area contributed by atoms with Crippen LogP contribution < -0.4 is 11.1 Å². The SMILES string of the molecule is CN(C)C(=O)c1nc(-c2cnc3c(c2Cl)[C@@]2(CC[C@](C)(C#N)C2)CN3)ccc1N. The molecule has 3 N–H and O–H groups in total. The molecule has 3 heterocycles. The monoisotopic (exact) mass is 410 g/mol. The number of rotatable bonds is 2. The predicted molar refractivity (Wildman–Crippen MR) is 113 cm³/mol. The molecule has 0 bridgehead atoms. The largest absolute Gasteiger partial charge is 0.397 e. The Balaban J connectivity index is 1.82. The van der Waals surface area contributed by atoms with Gasteiger partial charge in [-0.1, -0.05) is 11.6 Å². The lowest BCUT2D eigenvalue weighted by Crippen LogP contribution is -2.27. The van der Waals surface area contributed by atoms with Gasteiger partial charge in [0, 0.05) is 43.4 Å². The van der Waals surface area contributed by atoms with Gasteiger partial charge in [-0.25, -0.2) is 9.97 Å². The number of halogens is 1. The number of nitrogens with two attached hydrogens (primary N) is 1. The Morgan fingerprint density at radius 2 is 2.14 bits per heavy atom. The van der Waals surface area contributed by atoms with Crippen molar-refractivity contribution in [2.45, 2.75) is 31.6 Å². The summed E-state index contributed by atoms with van der Waals surface area (Å²) in [7, 11) is 3.31. The first kappa shape index (κ1) is 19.5. The number of hydrogen-bond acceptors (Lipinski definition) is 6. The molecule has 1 aliphatic carbocycles. The van der Waals surface area contributed by atoms with Gasteiger partial charge in [-0.3, -0.25) is 4.79 Å². The fourth-order valence-corrected chi connectivity index (χ4v) is 4.96. The molecule has 0 radical (unpaired) electrons. The zero-order valence-corrected chi connectivity index (χ0v) is 17.5. The van der Waals surface area contributed by atoms with Crippen LogP contribution in [0.4, 0.5) is 11.5 Å². The van der Waals surface area contributed by atoms with Crippen molar-refractivity contribution in [1.29, 1.82) is 5.26 Å². The number of nitriles is 1. The maximum atomic E-state index is 12.4. The van der Waals surface area contributed by atoms with E-state index in [2.05, 4.69) is 21.4 Å². The van der Waals surface area contributed by atoms with Crippen LogP contribution in [0, 0.1) is 16.7 Å². The molecule has 2 aromatic heterocycles. The first-order valence-electron chi connectivity index (χ1n) is 9.52. The number of aromatic nitrogens is 2. The second-order valence-electron chi connectivity index (χ2n) is 8.53. The molecule has 1 saturated carbocycles. The van der Waals surface area contributed by atoms with E-state index in [9.17, 15) is 10.1 Å². The Morgan fingerprint density at radius 3 is 2.79 bits per heavy atom. The van der Waals surface area contributed by atoms with Gasteiger partial charge in [0.05, 0.1) is 27.9 Å². The standard InChI is InChI=1S/C21H23ClN6O/c1-20(10-23)6-7-21(9-20)11-26-18-15(21)16(22)12(8-25-18)14-5-4-13(24)17(27-14)19(29)28(2)3/h4-5,8H,6-7,9,11,24H2,1-3H3,(H,25,26)/t20-,21+/m0/s1. The molecule has 8 heteroatoms. The average Bonchev–Trinajstić information content (AvgIpc) is 3.23. The highest BCUT2D eigenvalue weighted by Gasteiger charge is 2.52. The zero-order chi connectivity index (χ0) is 21.0. The van der Waals surface area contributed by atoms with Crippen LogP contribution in [0.5, 0.6) is 0 Å². The van der Waals surface area contributed by atoms with Crippen LogP contribution in [0.25, 0.3) is 11.3 Å². The Labute approximate surface area is 174 Å². The van der Waals surface area contributed by atoms with E-state index < -0.39 is 0 Å². The smallest absolute Gasteiger partial charge is 0.274 e. The molecule has 4 rings (SSSR count). The van der Waals surface area contributed by atoms with E-state index in [0.717, 1.165) is 37.2 Å². The minimum absolute atomic E-state index is 0.190. The molecule has 1 fully saturated rings. The van der Waals surface area contributed by atoms with E-state index >= 15 is 0 Å². The summed E-state index contributed by atoms with van der Waals surface area (Å²) in [5, 5.41) is 13.5. The van der Waals surface area contributed by atoms with Crippen LogP contribution >= 0.6 is 11.6 Å². The van der Waals surface area contributed by atoms with Gasteiger partial charge < -0.3 is 16.0 Å². The molecule has 2 aromatic rings. The number of fused-ring (bicyclic) bond motifs is 2. The molecular weight excluding hydrogens is 388 g/mol. The third-order valence-electron chi connectivity index (χ3n) is 6.11. The predicted octanol–water partition coefficient (Wildman–Crippen LogP) is 3.46. The van der Waals surface area contributed by atoms with E-state index in [0.29, 0.717) is 22.0 Å². The first-order valence-corrected chi connectivity index (χ1v) is 9.90. The number of nitrogens with one attached hydrogen (secondary N) is 1. The average molecular weight is 411 g/mol. The van der Waals surface area contributed by atoms with E-state index in [-0.39, 0.29) is 22.4 Å². The molecule has 0 unspecified atom stereocenters. The molecule has 2 atom stereocenters. The highest BCUT2D eigenvalue weighted by Crippen LogP contribution is 2.56. The lowest BCUT2D eigenvalue weighted by atomic mass is 9.77. The molecule has 1 aliphatic heterocycles. The van der Waals surface area contributed by atoms with Crippen molar-refractivity contribution in [2.24, 2.45) is 5.41 Å². The first-order chi connectivity index (χ1) is 13.7. The number of amides is 1. The molecule has 29 heavy (non-hydrogen) atoms. The summed E-state index contributed by atoms with van der Waals surface area (Å²) in [5.41, 5.74) is 8.06. The highest BCUT2D eigenvalue weighted by atomic mass is 35.5. The fourth-order valence-electron chi connectivity index (χ4n) is 4.53. The minimum atomic E-state index is -0.368. The molecule has 0 aromatic carbocycles. The van der Waals surface area contributed by atoms with Crippen LogP contribution in [-0.4, -0.2) is 41.4 Å². The van der Waals surface area contributed by atoms with Gasteiger partial charge in [0.15, 0.2) is 5.69 Å². The van der Waals surface area contributed by atoms with Crippen molar-refractivity contribution in [3.05, 3.63) is 34.6 Å². The van der Waals surface area contributed by atoms with E-state index in [4.69, 9.17) is 17.3 Å². The van der Waals surface area contributed by atoms with Gasteiger partial charge in [0.2, 0.25) is 0 Å². The second kappa shape index (κ2) is 6.60. The van der Waals surface area contributed by atoms with E-state index in [1.807, 2.05) is 6.92 Å². The number of pyridine rings is 2. The van der Waals surface area contributed by atoms with Gasteiger partial charge in [-0.15, -0.1) is 0 Å². The summed E-state index contributed by atoms with van der Waals surface area (Å²) in [4.78, 5) is 22.9. The molecule has 1 spiro atoms. The van der Waals surface area contributed by atoms with Crippen LogP contribution in [0.1, 0.15) is 42.2 Å². The second-order valence-corrected chi connectivity index (χ2v) is 8.90. The normalized spacial score (nSPS) is 24.8. The van der Waals surface area contributed by atoms with Crippen molar-refractivity contribution in [2.75, 3.05) is 31.7 Å². The van der Waals surface area contributed by atoms with Gasteiger partial charge in [-0.05, 0) is 38.3 Å². The number of carbonyl (C=O) groups excluding carboxylic acids is 1. The quantitative estimate of drug-likeness (QED) is 0.784. The van der Waals surface area contributed by atoms with Crippen LogP contribution in [-0.2, 0) is 5.41 Å². The molecule has 2 aliphatic rings. The van der Waals surface area contributed by atoms with Gasteiger partial charge in [0.25, 0.3) is 5.91 Å². The Bertz CT molecular complexity index is 1060. The van der Waals surface area contributed by atoms with Gasteiger partial charge in [0.1, 0.15) is 5.82 Å². The topological polar surface area (TPSA) is 108 Å². The number of anilines is 2. The summed E-state index contributed by atoms with van der Waals surface area (Å²) < 4.78 is 0. The summed E-state index contributed by atoms with van der Waals surface area (Å²) in [5.74, 6) is 0.495. The Kier molecular flexibility index (Phi) is 4.43. The number of hydrogen-bond donors (Lipinski definition) is 2. The van der Waals surface area contributed by atoms with Crippen LogP contribution in [0.2, 0.25) is 5.02 Å². The summed E-state index contributed by atoms with van der Waals surface area (Å²) in [6.45, 7) is 2.72. The van der Waals surface area contributed by atoms with Crippen molar-refractivity contribution in [3.63, 3.8) is 0 Å². The fraction of sp³-hybridized carbons (Fsp3) is 0.429. The minimum Gasteiger partial charge on any atom is -0.397 e. The number of nitrogen functional groups attached to an aromatic ring is 1. The van der Waals surface area contributed by atoms with E-state index in [1.54, 1.807) is 32.4 Å². The van der Waals surface area contributed by atoms with Crippen LogP contribution in [0.15, 0.2) is 18.3 Å². The van der Waals surface area contributed by atoms with Crippen molar-refractivity contribution < 1.29 is 4.79 Å². The van der Waals surface area contributed by atoms with Crippen LogP contribution in [0.3, 0.4) is 0 Å². The Morgan fingerprint density at radius 1 is 1.38 bits per heavy atom. The Hall–Kier alpha value is -2.85. The van der Waals surface area contributed by atoms with Gasteiger partial charge >= 0.3 is 0 Å². The third-order valence-corrected chi connectivity index (χ3v) is 6.50. The third kappa shape index (κ3) is 2.99. The van der Waals surface area contributed by atoms with Crippen molar-refractivity contribution >= 4 is 29.0 Å².